The molecule has 0 bridgehead atoms. The van der Waals surface area contributed by atoms with Crippen LogP contribution in [0.2, 0.25) is 0 Å². The van der Waals surface area contributed by atoms with Crippen LogP contribution in [0.1, 0.15) is 26.8 Å². The first-order valence-electron chi connectivity index (χ1n) is 8.72. The van der Waals surface area contributed by atoms with Crippen LogP contribution in [0.4, 0.5) is 13.2 Å². The molecule has 3 aromatic rings. The predicted molar refractivity (Wildman–Crippen MR) is 104 cm³/mol. The first kappa shape index (κ1) is 21.4. The normalized spacial score (nSPS) is 11.7. The van der Waals surface area contributed by atoms with Gasteiger partial charge in [-0.1, -0.05) is 24.3 Å². The van der Waals surface area contributed by atoms with Crippen molar-refractivity contribution in [1.82, 2.24) is 5.32 Å². The average Bonchev–Trinajstić information content (AvgIpc) is 3.25. The number of amides is 1. The Kier molecular flexibility index (Phi) is 7.08. The Hall–Kier alpha value is -3.33. The fourth-order valence-electron chi connectivity index (χ4n) is 2.65. The first-order valence-corrected chi connectivity index (χ1v) is 9.60. The monoisotopic (exact) mass is 435 g/mol. The van der Waals surface area contributed by atoms with Gasteiger partial charge in [0.05, 0.1) is 11.6 Å². The van der Waals surface area contributed by atoms with E-state index in [-0.39, 0.29) is 11.3 Å². The third-order valence-corrected chi connectivity index (χ3v) is 4.90. The number of hydrogen-bond donors (Lipinski definition) is 1. The largest absolute Gasteiger partial charge is 0.452 e. The molecule has 0 fully saturated rings. The number of carbonyl (C=O) groups is 2. The second-order valence-electron chi connectivity index (χ2n) is 6.05. The molecule has 0 aliphatic heterocycles. The van der Waals surface area contributed by atoms with Crippen molar-refractivity contribution >= 4 is 23.2 Å². The molecular weight excluding hydrogens is 419 g/mol. The molecule has 1 amide bonds. The van der Waals surface area contributed by atoms with Gasteiger partial charge in [0.15, 0.2) is 6.61 Å². The summed E-state index contributed by atoms with van der Waals surface area (Å²) in [6, 6.07) is 13.9. The summed E-state index contributed by atoms with van der Waals surface area (Å²) >= 11 is 1.41. The molecule has 0 aliphatic rings. The summed E-state index contributed by atoms with van der Waals surface area (Å²) in [4.78, 5) is 25.3. The highest BCUT2D eigenvalue weighted by Crippen LogP contribution is 2.26. The summed E-state index contributed by atoms with van der Waals surface area (Å²) in [5, 5.41) is 4.59. The fraction of sp³-hybridized carbons (Fsp3) is 0.143. The van der Waals surface area contributed by atoms with Gasteiger partial charge in [0.2, 0.25) is 0 Å². The van der Waals surface area contributed by atoms with Gasteiger partial charge in [0.1, 0.15) is 11.6 Å². The van der Waals surface area contributed by atoms with Crippen LogP contribution in [0, 0.1) is 5.82 Å². The summed E-state index contributed by atoms with van der Waals surface area (Å²) in [6.07, 6.45) is 0. The van der Waals surface area contributed by atoms with Crippen molar-refractivity contribution in [3.8, 4) is 5.75 Å². The third kappa shape index (κ3) is 5.84. The molecule has 1 aromatic heterocycles. The van der Waals surface area contributed by atoms with Gasteiger partial charge in [-0.05, 0) is 47.3 Å². The molecule has 3 rings (SSSR count). The van der Waals surface area contributed by atoms with Crippen LogP contribution in [0.15, 0.2) is 66.0 Å². The van der Waals surface area contributed by atoms with Crippen LogP contribution in [-0.2, 0) is 9.53 Å². The molecule has 0 saturated heterocycles. The Morgan fingerprint density at radius 2 is 1.80 bits per heavy atom. The van der Waals surface area contributed by atoms with Crippen LogP contribution >= 0.6 is 11.3 Å². The van der Waals surface area contributed by atoms with Crippen molar-refractivity contribution < 1.29 is 32.2 Å². The molecule has 1 heterocycles. The van der Waals surface area contributed by atoms with Gasteiger partial charge in [-0.25, -0.2) is 9.18 Å². The topological polar surface area (TPSA) is 64.6 Å². The highest BCUT2D eigenvalue weighted by atomic mass is 32.1. The summed E-state index contributed by atoms with van der Waals surface area (Å²) in [7, 11) is 0. The van der Waals surface area contributed by atoms with E-state index in [1.54, 1.807) is 12.1 Å². The van der Waals surface area contributed by atoms with Gasteiger partial charge < -0.3 is 14.8 Å². The zero-order valence-electron chi connectivity index (χ0n) is 15.4. The number of rotatable bonds is 8. The van der Waals surface area contributed by atoms with E-state index in [4.69, 9.17) is 4.74 Å². The molecule has 1 atom stereocenters. The van der Waals surface area contributed by atoms with Crippen molar-refractivity contribution in [1.29, 1.82) is 0 Å². The van der Waals surface area contributed by atoms with Crippen LogP contribution in [0.5, 0.6) is 5.75 Å². The van der Waals surface area contributed by atoms with Crippen molar-refractivity contribution in [3.63, 3.8) is 0 Å². The number of halogens is 3. The number of alkyl halides is 2. The quantitative estimate of drug-likeness (QED) is 0.528. The smallest absolute Gasteiger partial charge is 0.387 e. The second kappa shape index (κ2) is 9.93. The van der Waals surface area contributed by atoms with Gasteiger partial charge in [0, 0.05) is 4.88 Å². The number of esters is 1. The third-order valence-electron chi connectivity index (χ3n) is 3.97. The number of nitrogens with one attached hydrogen (secondary N) is 1. The molecule has 0 saturated carbocycles. The second-order valence-corrected chi connectivity index (χ2v) is 7.03. The van der Waals surface area contributed by atoms with Crippen LogP contribution in [0.3, 0.4) is 0 Å². The van der Waals surface area contributed by atoms with Gasteiger partial charge in [-0.3, -0.25) is 4.79 Å². The van der Waals surface area contributed by atoms with Crippen molar-refractivity contribution in [3.05, 3.63) is 87.9 Å². The van der Waals surface area contributed by atoms with Crippen molar-refractivity contribution in [2.75, 3.05) is 6.61 Å². The highest BCUT2D eigenvalue weighted by molar-refractivity contribution is 7.10. The van der Waals surface area contributed by atoms with E-state index in [9.17, 15) is 22.8 Å². The Morgan fingerprint density at radius 3 is 2.47 bits per heavy atom. The number of thiophene rings is 1. The molecule has 30 heavy (non-hydrogen) atoms. The van der Waals surface area contributed by atoms with Gasteiger partial charge in [-0.2, -0.15) is 8.78 Å². The zero-order chi connectivity index (χ0) is 21.5. The molecule has 2 aromatic carbocycles. The van der Waals surface area contributed by atoms with Gasteiger partial charge >= 0.3 is 12.6 Å². The van der Waals surface area contributed by atoms with E-state index >= 15 is 0 Å². The van der Waals surface area contributed by atoms with E-state index in [1.807, 2.05) is 17.5 Å². The molecule has 5 nitrogen and oxygen atoms in total. The standard InChI is InChI=1S/C21H16F3NO4S/c22-15-8-6-13(7-9-15)19(17-5-2-10-30-17)25-18(26)12-28-20(27)14-3-1-4-16(11-14)29-21(23)24/h1-11,19,21H,12H2,(H,25,26). The Morgan fingerprint density at radius 1 is 1.03 bits per heavy atom. The molecule has 0 aliphatic carbocycles. The Labute approximate surface area is 174 Å². The minimum atomic E-state index is -3.03. The fourth-order valence-corrected chi connectivity index (χ4v) is 3.45. The van der Waals surface area contributed by atoms with Crippen LogP contribution < -0.4 is 10.1 Å². The van der Waals surface area contributed by atoms with Crippen molar-refractivity contribution in [2.24, 2.45) is 0 Å². The summed E-state index contributed by atoms with van der Waals surface area (Å²) < 4.78 is 47.0. The maximum Gasteiger partial charge on any atom is 0.387 e. The molecular formula is C21H16F3NO4S. The van der Waals surface area contributed by atoms with E-state index < -0.39 is 37.0 Å². The lowest BCUT2D eigenvalue weighted by Gasteiger charge is -2.18. The van der Waals surface area contributed by atoms with Gasteiger partial charge in [0.25, 0.3) is 5.91 Å². The minimum absolute atomic E-state index is 0.0331. The molecule has 156 valence electrons. The summed E-state index contributed by atoms with van der Waals surface area (Å²) in [5.74, 6) is -2.04. The first-order chi connectivity index (χ1) is 14.4. The average molecular weight is 435 g/mol. The van der Waals surface area contributed by atoms with Crippen LogP contribution in [-0.4, -0.2) is 25.1 Å². The summed E-state index contributed by atoms with van der Waals surface area (Å²) in [6.45, 7) is -3.61. The van der Waals surface area contributed by atoms with E-state index in [2.05, 4.69) is 10.1 Å². The lowest BCUT2D eigenvalue weighted by molar-refractivity contribution is -0.124. The molecule has 1 N–H and O–H groups in total. The lowest BCUT2D eigenvalue weighted by Crippen LogP contribution is -2.32. The molecule has 9 heteroatoms. The number of benzene rings is 2. The summed E-state index contributed by atoms with van der Waals surface area (Å²) in [5.41, 5.74) is 0.629. The van der Waals surface area contributed by atoms with Crippen LogP contribution in [0.25, 0.3) is 0 Å². The lowest BCUT2D eigenvalue weighted by atomic mass is 10.1. The molecule has 0 radical (unpaired) electrons. The number of ether oxygens (including phenoxy) is 2. The van der Waals surface area contributed by atoms with E-state index in [0.717, 1.165) is 10.9 Å². The van der Waals surface area contributed by atoms with Crippen molar-refractivity contribution in [2.45, 2.75) is 12.7 Å². The zero-order valence-corrected chi connectivity index (χ0v) is 16.2. The predicted octanol–water partition coefficient (Wildman–Crippen LogP) is 4.55. The van der Waals surface area contributed by atoms with E-state index in [0.29, 0.717) is 5.56 Å². The Balaban J connectivity index is 1.63. The maximum absolute atomic E-state index is 13.2. The minimum Gasteiger partial charge on any atom is -0.452 e. The van der Waals surface area contributed by atoms with E-state index in [1.165, 1.54) is 41.7 Å². The highest BCUT2D eigenvalue weighted by Gasteiger charge is 2.19. The molecule has 1 unspecified atom stereocenters. The maximum atomic E-state index is 13.2. The van der Waals surface area contributed by atoms with Gasteiger partial charge in [-0.15, -0.1) is 11.3 Å². The Bertz CT molecular complexity index is 994. The molecule has 0 spiro atoms. The number of carbonyl (C=O) groups excluding carboxylic acids is 2. The number of hydrogen-bond acceptors (Lipinski definition) is 5. The SMILES string of the molecule is O=C(COC(=O)c1cccc(OC(F)F)c1)NC(c1ccc(F)cc1)c1cccs1.